The van der Waals surface area contributed by atoms with Crippen molar-refractivity contribution in [3.05, 3.63) is 42.5 Å². The maximum absolute atomic E-state index is 12.3. The predicted octanol–water partition coefficient (Wildman–Crippen LogP) is 2.12. The van der Waals surface area contributed by atoms with E-state index in [1.165, 1.54) is 24.3 Å². The van der Waals surface area contributed by atoms with Gasteiger partial charge in [-0.3, -0.25) is 0 Å². The van der Waals surface area contributed by atoms with Crippen molar-refractivity contribution in [3.8, 4) is 0 Å². The molecule has 0 unspecified atom stereocenters. The van der Waals surface area contributed by atoms with Gasteiger partial charge >= 0.3 is 30.4 Å². The van der Waals surface area contributed by atoms with Crippen LogP contribution in [0.15, 0.2) is 57.2 Å². The summed E-state index contributed by atoms with van der Waals surface area (Å²) in [5, 5.41) is 26.6. The molecule has 0 aliphatic carbocycles. The molecule has 0 saturated carbocycles. The third-order valence-electron chi connectivity index (χ3n) is 4.77. The van der Waals surface area contributed by atoms with Crippen molar-refractivity contribution in [1.82, 2.24) is 0 Å². The van der Waals surface area contributed by atoms with Crippen LogP contribution < -0.4 is 0 Å². The van der Waals surface area contributed by atoms with E-state index in [0.717, 1.165) is 12.1 Å². The SMILES string of the molecule is O=S(=O)(OO)c1ccc2ccc3c(S(=O)(=O)OO)cc(S(=O)(=O)OO)c4ccc1c2c34. The molecule has 0 amide bonds. The van der Waals surface area contributed by atoms with E-state index >= 15 is 0 Å². The first-order valence-corrected chi connectivity index (χ1v) is 12.2. The molecule has 0 spiro atoms. The normalized spacial score (nSPS) is 13.5. The zero-order valence-corrected chi connectivity index (χ0v) is 17.2. The molecule has 0 radical (unpaired) electrons. The highest BCUT2D eigenvalue weighted by atomic mass is 32.2. The largest absolute Gasteiger partial charge is 0.323 e. The van der Waals surface area contributed by atoms with Crippen LogP contribution in [-0.2, 0) is 43.4 Å². The van der Waals surface area contributed by atoms with Gasteiger partial charge in [-0.1, -0.05) is 30.3 Å². The van der Waals surface area contributed by atoms with E-state index in [0.29, 0.717) is 11.5 Å². The summed E-state index contributed by atoms with van der Waals surface area (Å²) >= 11 is 0. The zero-order chi connectivity index (χ0) is 22.8. The van der Waals surface area contributed by atoms with Gasteiger partial charge in [0.05, 0.1) is 0 Å². The molecule has 4 aromatic carbocycles. The van der Waals surface area contributed by atoms with E-state index < -0.39 is 45.0 Å². The third-order valence-corrected chi connectivity index (χ3v) is 8.00. The number of hydrogen-bond acceptors (Lipinski definition) is 12. The van der Waals surface area contributed by atoms with Gasteiger partial charge in [0.2, 0.25) is 0 Å². The van der Waals surface area contributed by atoms with Crippen molar-refractivity contribution in [3.63, 3.8) is 0 Å². The Balaban J connectivity index is 2.37. The highest BCUT2D eigenvalue weighted by Gasteiger charge is 2.30. The highest BCUT2D eigenvalue weighted by molar-refractivity contribution is 7.88. The molecule has 0 fully saturated rings. The van der Waals surface area contributed by atoms with Crippen molar-refractivity contribution in [2.24, 2.45) is 0 Å². The van der Waals surface area contributed by atoms with Gasteiger partial charge in [-0.05, 0) is 22.9 Å². The van der Waals surface area contributed by atoms with Crippen LogP contribution in [-0.4, -0.2) is 41.0 Å². The van der Waals surface area contributed by atoms with Crippen LogP contribution >= 0.6 is 0 Å². The molecule has 0 aliphatic heterocycles. The molecule has 0 atom stereocenters. The maximum Gasteiger partial charge on any atom is 0.323 e. The Kier molecular flexibility index (Phi) is 4.93. The molecule has 3 N–H and O–H groups in total. The molecule has 164 valence electrons. The molecule has 0 heterocycles. The molecule has 0 bridgehead atoms. The van der Waals surface area contributed by atoms with Crippen molar-refractivity contribution < 1.29 is 54.0 Å². The minimum absolute atomic E-state index is 0.0302. The summed E-state index contributed by atoms with van der Waals surface area (Å²) in [6.07, 6.45) is 0. The van der Waals surface area contributed by atoms with E-state index in [-0.39, 0.29) is 26.9 Å². The Bertz CT molecular complexity index is 1620. The van der Waals surface area contributed by atoms with Gasteiger partial charge in [0.15, 0.2) is 0 Å². The van der Waals surface area contributed by atoms with Crippen molar-refractivity contribution in [2.45, 2.75) is 14.7 Å². The van der Waals surface area contributed by atoms with E-state index in [9.17, 15) is 25.3 Å². The van der Waals surface area contributed by atoms with Gasteiger partial charge in [0.25, 0.3) is 0 Å². The molecule has 4 aromatic rings. The van der Waals surface area contributed by atoms with Gasteiger partial charge in [0.1, 0.15) is 14.7 Å². The minimum atomic E-state index is -4.89. The molecule has 0 saturated heterocycles. The summed E-state index contributed by atoms with van der Waals surface area (Å²) in [7, 11) is -14.4. The molecule has 15 heteroatoms. The lowest BCUT2D eigenvalue weighted by molar-refractivity contribution is -0.131. The smallest absolute Gasteiger partial charge is 0.235 e. The lowest BCUT2D eigenvalue weighted by Gasteiger charge is -2.17. The van der Waals surface area contributed by atoms with Gasteiger partial charge in [-0.2, -0.15) is 25.3 Å². The first kappa shape index (κ1) is 21.8. The van der Waals surface area contributed by atoms with E-state index in [2.05, 4.69) is 13.0 Å². The minimum Gasteiger partial charge on any atom is -0.235 e. The molecular weight excluding hydrogens is 480 g/mol. The molecular formula is C16H10O12S3. The first-order chi connectivity index (χ1) is 14.5. The fraction of sp³-hybridized carbons (Fsp3) is 0. The molecule has 12 nitrogen and oxygen atoms in total. The van der Waals surface area contributed by atoms with Crippen LogP contribution in [0.1, 0.15) is 0 Å². The summed E-state index contributed by atoms with van der Waals surface area (Å²) in [6.45, 7) is 0. The second-order valence-corrected chi connectivity index (χ2v) is 10.8. The zero-order valence-electron chi connectivity index (χ0n) is 14.8. The van der Waals surface area contributed by atoms with E-state index in [4.69, 9.17) is 15.8 Å². The van der Waals surface area contributed by atoms with Crippen LogP contribution in [0.3, 0.4) is 0 Å². The Morgan fingerprint density at radius 1 is 0.516 bits per heavy atom. The summed E-state index contributed by atoms with van der Waals surface area (Å²) < 4.78 is 84.0. The van der Waals surface area contributed by atoms with E-state index in [1.54, 1.807) is 0 Å². The van der Waals surface area contributed by atoms with Gasteiger partial charge in [-0.15, -0.1) is 13.0 Å². The third kappa shape index (κ3) is 3.15. The van der Waals surface area contributed by atoms with Crippen LogP contribution in [0.5, 0.6) is 0 Å². The number of rotatable bonds is 6. The predicted molar refractivity (Wildman–Crippen MR) is 103 cm³/mol. The Hall–Kier alpha value is -2.47. The lowest BCUT2D eigenvalue weighted by Crippen LogP contribution is -2.10. The van der Waals surface area contributed by atoms with Crippen molar-refractivity contribution in [1.29, 1.82) is 0 Å². The fourth-order valence-corrected chi connectivity index (χ4v) is 5.95. The Morgan fingerprint density at radius 2 is 0.903 bits per heavy atom. The van der Waals surface area contributed by atoms with Crippen molar-refractivity contribution in [2.75, 3.05) is 0 Å². The molecule has 0 aliphatic rings. The number of hydrogen-bond donors (Lipinski definition) is 3. The summed E-state index contributed by atoms with van der Waals surface area (Å²) in [5.74, 6) is 0. The van der Waals surface area contributed by atoms with Gasteiger partial charge < -0.3 is 0 Å². The molecule has 0 aromatic heterocycles. The standard InChI is InChI=1S/C16H10O12S3/c17-26-29(20,21)12-6-2-8-1-3-10-13(30(22,23)27-18)7-14(31(24,25)28-19)11-5-4-9(12)15(8)16(10)11/h1-7,17-19H. The van der Waals surface area contributed by atoms with Crippen LogP contribution in [0.4, 0.5) is 0 Å². The maximum atomic E-state index is 12.3. The molecule has 31 heavy (non-hydrogen) atoms. The Labute approximate surface area is 173 Å². The summed E-state index contributed by atoms with van der Waals surface area (Å²) in [4.78, 5) is -2.07. The fourth-order valence-electron chi connectivity index (χ4n) is 3.56. The quantitative estimate of drug-likeness (QED) is 0.203. The first-order valence-electron chi connectivity index (χ1n) is 7.97. The Morgan fingerprint density at radius 3 is 1.39 bits per heavy atom. The monoisotopic (exact) mass is 490 g/mol. The number of benzene rings is 4. The van der Waals surface area contributed by atoms with Crippen LogP contribution in [0, 0.1) is 0 Å². The highest BCUT2D eigenvalue weighted by Crippen LogP contribution is 2.42. The van der Waals surface area contributed by atoms with Gasteiger partial charge in [-0.25, -0.2) is 15.8 Å². The topological polar surface area (TPSA) is 191 Å². The second kappa shape index (κ2) is 7.02. The second-order valence-electron chi connectivity index (χ2n) is 6.27. The van der Waals surface area contributed by atoms with Gasteiger partial charge in [0, 0.05) is 21.5 Å². The van der Waals surface area contributed by atoms with E-state index in [1.807, 2.05) is 0 Å². The summed E-state index contributed by atoms with van der Waals surface area (Å²) in [6, 6.07) is 8.17. The van der Waals surface area contributed by atoms with Crippen molar-refractivity contribution >= 4 is 62.7 Å². The lowest BCUT2D eigenvalue weighted by atomic mass is 9.94. The molecule has 4 rings (SSSR count). The van der Waals surface area contributed by atoms with Crippen LogP contribution in [0.25, 0.3) is 32.3 Å². The van der Waals surface area contributed by atoms with Crippen LogP contribution in [0.2, 0.25) is 0 Å². The summed E-state index contributed by atoms with van der Waals surface area (Å²) in [5.41, 5.74) is 0. The average Bonchev–Trinajstić information content (AvgIpc) is 2.76. The average molecular weight is 490 g/mol.